The van der Waals surface area contributed by atoms with Gasteiger partial charge >= 0.3 is 0 Å². The Kier molecular flexibility index (Phi) is 4.80. The maximum absolute atomic E-state index is 12.1. The van der Waals surface area contributed by atoms with Gasteiger partial charge in [0, 0.05) is 44.1 Å². The van der Waals surface area contributed by atoms with Crippen molar-refractivity contribution in [2.24, 2.45) is 5.92 Å². The van der Waals surface area contributed by atoms with Crippen LogP contribution in [0, 0.1) is 5.92 Å². The molecule has 2 amide bonds. The Hall–Kier alpha value is -1.10. The lowest BCUT2D eigenvalue weighted by Gasteiger charge is -2.35. The lowest BCUT2D eigenvalue weighted by molar-refractivity contribution is -0.133. The molecule has 0 spiro atoms. The van der Waals surface area contributed by atoms with Crippen LogP contribution in [-0.2, 0) is 9.59 Å². The summed E-state index contributed by atoms with van der Waals surface area (Å²) in [6.07, 6.45) is 3.14. The van der Waals surface area contributed by atoms with Gasteiger partial charge in [-0.15, -0.1) is 0 Å². The number of likely N-dealkylation sites (tertiary alicyclic amines) is 1. The summed E-state index contributed by atoms with van der Waals surface area (Å²) in [5.41, 5.74) is 0. The number of nitrogens with one attached hydrogen (secondary N) is 2. The first-order valence-corrected chi connectivity index (χ1v) is 7.37. The molecule has 1 unspecified atom stereocenters. The largest absolute Gasteiger partial charge is 0.356 e. The minimum absolute atomic E-state index is 0.000951. The standard InChI is InChI=1S/C14H25N3O2/c1-10(2)17-7-4-12(5-8-17)16-14(19)11-3-6-15-13(18)9-11/h10-12H,3-9H2,1-2H3,(H,15,18)(H,16,19). The average Bonchev–Trinajstić information content (AvgIpc) is 2.39. The maximum Gasteiger partial charge on any atom is 0.223 e. The van der Waals surface area contributed by atoms with E-state index in [2.05, 4.69) is 29.4 Å². The fraction of sp³-hybridized carbons (Fsp3) is 0.857. The Morgan fingerprint density at radius 1 is 1.32 bits per heavy atom. The van der Waals surface area contributed by atoms with Crippen LogP contribution in [0.25, 0.3) is 0 Å². The molecule has 1 atom stereocenters. The normalized spacial score (nSPS) is 26.3. The van der Waals surface area contributed by atoms with Crippen LogP contribution in [0.5, 0.6) is 0 Å². The molecular weight excluding hydrogens is 242 g/mol. The quantitative estimate of drug-likeness (QED) is 0.783. The van der Waals surface area contributed by atoms with E-state index >= 15 is 0 Å². The number of carbonyl (C=O) groups is 2. The highest BCUT2D eigenvalue weighted by molar-refractivity contribution is 5.87. The smallest absolute Gasteiger partial charge is 0.223 e. The molecule has 0 aliphatic carbocycles. The Morgan fingerprint density at radius 3 is 2.58 bits per heavy atom. The maximum atomic E-state index is 12.1. The lowest BCUT2D eigenvalue weighted by Crippen LogP contribution is -2.49. The van der Waals surface area contributed by atoms with Crippen molar-refractivity contribution in [3.8, 4) is 0 Å². The number of hydrogen-bond donors (Lipinski definition) is 2. The molecule has 2 heterocycles. The van der Waals surface area contributed by atoms with Crippen molar-refractivity contribution in [2.75, 3.05) is 19.6 Å². The summed E-state index contributed by atoms with van der Waals surface area (Å²) < 4.78 is 0. The second-order valence-corrected chi connectivity index (χ2v) is 5.95. The number of hydrogen-bond acceptors (Lipinski definition) is 3. The zero-order valence-electron chi connectivity index (χ0n) is 11.9. The molecule has 2 fully saturated rings. The molecule has 2 N–H and O–H groups in total. The molecule has 2 rings (SSSR count). The summed E-state index contributed by atoms with van der Waals surface area (Å²) in [4.78, 5) is 25.9. The number of carbonyl (C=O) groups excluding carboxylic acids is 2. The zero-order valence-corrected chi connectivity index (χ0v) is 11.9. The van der Waals surface area contributed by atoms with Gasteiger partial charge in [-0.25, -0.2) is 0 Å². The van der Waals surface area contributed by atoms with E-state index in [-0.39, 0.29) is 23.8 Å². The molecule has 0 radical (unpaired) electrons. The molecule has 0 aromatic heterocycles. The molecule has 108 valence electrons. The summed E-state index contributed by atoms with van der Waals surface area (Å²) in [6, 6.07) is 0.867. The molecular formula is C14H25N3O2. The third kappa shape index (κ3) is 3.93. The topological polar surface area (TPSA) is 61.4 Å². The van der Waals surface area contributed by atoms with Gasteiger partial charge in [0.2, 0.25) is 11.8 Å². The van der Waals surface area contributed by atoms with Crippen molar-refractivity contribution in [2.45, 2.75) is 51.6 Å². The Balaban J connectivity index is 1.76. The number of amides is 2. The molecule has 2 aliphatic heterocycles. The van der Waals surface area contributed by atoms with Gasteiger partial charge in [0.1, 0.15) is 0 Å². The minimum atomic E-state index is -0.128. The van der Waals surface area contributed by atoms with Gasteiger partial charge in [-0.3, -0.25) is 9.59 Å². The highest BCUT2D eigenvalue weighted by Gasteiger charge is 2.28. The van der Waals surface area contributed by atoms with E-state index in [9.17, 15) is 9.59 Å². The van der Waals surface area contributed by atoms with E-state index in [1.165, 1.54) is 0 Å². The SMILES string of the molecule is CC(C)N1CCC(NC(=O)C2CCNC(=O)C2)CC1. The van der Waals surface area contributed by atoms with Gasteiger partial charge in [0.15, 0.2) is 0 Å². The van der Waals surface area contributed by atoms with Crippen LogP contribution >= 0.6 is 0 Å². The van der Waals surface area contributed by atoms with Crippen LogP contribution in [0.4, 0.5) is 0 Å². The van der Waals surface area contributed by atoms with Crippen molar-refractivity contribution >= 4 is 11.8 Å². The van der Waals surface area contributed by atoms with E-state index in [0.29, 0.717) is 19.0 Å². The Labute approximate surface area is 115 Å². The summed E-state index contributed by atoms with van der Waals surface area (Å²) in [7, 11) is 0. The summed E-state index contributed by atoms with van der Waals surface area (Å²) in [5, 5.41) is 5.89. The molecule has 0 aromatic rings. The molecule has 0 saturated carbocycles. The first-order valence-electron chi connectivity index (χ1n) is 7.37. The molecule has 19 heavy (non-hydrogen) atoms. The van der Waals surface area contributed by atoms with Gasteiger partial charge in [-0.2, -0.15) is 0 Å². The van der Waals surface area contributed by atoms with Gasteiger partial charge in [-0.1, -0.05) is 0 Å². The monoisotopic (exact) mass is 267 g/mol. The summed E-state index contributed by atoms with van der Waals surface area (Å²) in [6.45, 7) is 7.14. The Bertz CT molecular complexity index is 336. The van der Waals surface area contributed by atoms with Crippen LogP contribution in [0.2, 0.25) is 0 Å². The lowest BCUT2D eigenvalue weighted by atomic mass is 9.95. The van der Waals surface area contributed by atoms with Gasteiger partial charge < -0.3 is 15.5 Å². The van der Waals surface area contributed by atoms with E-state index in [4.69, 9.17) is 0 Å². The third-order valence-electron chi connectivity index (χ3n) is 4.22. The highest BCUT2D eigenvalue weighted by atomic mass is 16.2. The predicted molar refractivity (Wildman–Crippen MR) is 73.6 cm³/mol. The Morgan fingerprint density at radius 2 is 2.00 bits per heavy atom. The molecule has 5 nitrogen and oxygen atoms in total. The molecule has 5 heteroatoms. The fourth-order valence-corrected chi connectivity index (χ4v) is 2.89. The van der Waals surface area contributed by atoms with Crippen LogP contribution in [0.3, 0.4) is 0 Å². The summed E-state index contributed by atoms with van der Waals surface area (Å²) >= 11 is 0. The van der Waals surface area contributed by atoms with Crippen LogP contribution in [0.15, 0.2) is 0 Å². The van der Waals surface area contributed by atoms with Crippen LogP contribution in [-0.4, -0.2) is 48.4 Å². The number of nitrogens with zero attached hydrogens (tertiary/aromatic N) is 1. The third-order valence-corrected chi connectivity index (χ3v) is 4.22. The molecule has 2 aliphatic rings. The first kappa shape index (κ1) is 14.3. The first-order chi connectivity index (χ1) is 9.06. The number of piperidine rings is 2. The molecule has 0 bridgehead atoms. The van der Waals surface area contributed by atoms with Crippen molar-refractivity contribution in [3.05, 3.63) is 0 Å². The molecule has 2 saturated heterocycles. The van der Waals surface area contributed by atoms with E-state index in [0.717, 1.165) is 32.4 Å². The van der Waals surface area contributed by atoms with E-state index < -0.39 is 0 Å². The second-order valence-electron chi connectivity index (χ2n) is 5.95. The highest BCUT2D eigenvalue weighted by Crippen LogP contribution is 2.16. The van der Waals surface area contributed by atoms with Crippen LogP contribution in [0.1, 0.15) is 39.5 Å². The van der Waals surface area contributed by atoms with Crippen molar-refractivity contribution in [1.82, 2.24) is 15.5 Å². The molecule has 0 aromatic carbocycles. The summed E-state index contributed by atoms with van der Waals surface area (Å²) in [5.74, 6) is -0.0595. The van der Waals surface area contributed by atoms with Gasteiger partial charge in [0.25, 0.3) is 0 Å². The fourth-order valence-electron chi connectivity index (χ4n) is 2.89. The van der Waals surface area contributed by atoms with E-state index in [1.54, 1.807) is 0 Å². The van der Waals surface area contributed by atoms with Gasteiger partial charge in [-0.05, 0) is 33.1 Å². The van der Waals surface area contributed by atoms with Crippen LogP contribution < -0.4 is 10.6 Å². The zero-order chi connectivity index (χ0) is 13.8. The van der Waals surface area contributed by atoms with E-state index in [1.807, 2.05) is 0 Å². The van der Waals surface area contributed by atoms with Crippen molar-refractivity contribution in [1.29, 1.82) is 0 Å². The van der Waals surface area contributed by atoms with Gasteiger partial charge in [0.05, 0.1) is 0 Å². The van der Waals surface area contributed by atoms with Crippen molar-refractivity contribution < 1.29 is 9.59 Å². The minimum Gasteiger partial charge on any atom is -0.356 e. The average molecular weight is 267 g/mol. The van der Waals surface area contributed by atoms with Crippen molar-refractivity contribution in [3.63, 3.8) is 0 Å². The predicted octanol–water partition coefficient (Wildman–Crippen LogP) is 0.502. The second kappa shape index (κ2) is 6.37. The number of rotatable bonds is 3.